The van der Waals surface area contributed by atoms with Crippen LogP contribution < -0.4 is 0 Å². The topological polar surface area (TPSA) is 37.4 Å². The first-order valence-corrected chi connectivity index (χ1v) is 7.76. The summed E-state index contributed by atoms with van der Waals surface area (Å²) in [5.74, 6) is 0.323. The van der Waals surface area contributed by atoms with E-state index in [1.807, 2.05) is 18.2 Å². The Morgan fingerprint density at radius 2 is 2.00 bits per heavy atom. The van der Waals surface area contributed by atoms with E-state index in [1.165, 1.54) is 12.0 Å². The van der Waals surface area contributed by atoms with E-state index < -0.39 is 0 Å². The number of hydrogen-bond donors (Lipinski definition) is 0. The third-order valence-corrected chi connectivity index (χ3v) is 4.19. The average molecular weight is 461 g/mol. The zero-order valence-electron chi connectivity index (χ0n) is 10.5. The van der Waals surface area contributed by atoms with Crippen LogP contribution in [0.1, 0.15) is 43.7 Å². The van der Waals surface area contributed by atoms with Crippen molar-refractivity contribution in [2.45, 2.75) is 44.2 Å². The molecular weight excluding hydrogens is 445 g/mol. The number of halogens is 1. The second-order valence-corrected chi connectivity index (χ2v) is 5.43. The summed E-state index contributed by atoms with van der Waals surface area (Å²) in [4.78, 5) is 14.1. The van der Waals surface area contributed by atoms with Crippen LogP contribution in [0.4, 0.5) is 0 Å². The van der Waals surface area contributed by atoms with Gasteiger partial charge in [-0.05, 0) is 43.4 Å². The van der Waals surface area contributed by atoms with Crippen molar-refractivity contribution in [3.05, 3.63) is 34.9 Å². The summed E-state index contributed by atoms with van der Waals surface area (Å²) < 4.78 is 8.22. The number of fused-ring (bicyclic) bond motifs is 1. The summed E-state index contributed by atoms with van der Waals surface area (Å²) in [6.07, 6.45) is 5.16. The predicted molar refractivity (Wildman–Crippen MR) is 68.6 cm³/mol. The van der Waals surface area contributed by atoms with Crippen molar-refractivity contribution in [1.29, 1.82) is 0 Å². The molecule has 106 valence electrons. The van der Waals surface area contributed by atoms with Crippen molar-refractivity contribution in [3.8, 4) is 0 Å². The fourth-order valence-corrected chi connectivity index (χ4v) is 3.40. The van der Waals surface area contributed by atoms with Crippen molar-refractivity contribution in [2.75, 3.05) is 0 Å². The molecule has 19 heavy (non-hydrogen) atoms. The van der Waals surface area contributed by atoms with E-state index in [9.17, 15) is 4.79 Å². The number of nitrogens with zero attached hydrogens (tertiary/aromatic N) is 1. The number of amides is 1. The van der Waals surface area contributed by atoms with Gasteiger partial charge >= 0.3 is 23.2 Å². The first-order valence-electron chi connectivity index (χ1n) is 6.45. The molecule has 0 aliphatic carbocycles. The SMILES string of the molecule is O=C1CCC[C@H]2CC[C@@H](c3cccc(Cl)c3)N12.[O]=[Pt]. The second-order valence-electron chi connectivity index (χ2n) is 5.00. The van der Waals surface area contributed by atoms with E-state index in [0.717, 1.165) is 44.1 Å². The molecule has 0 unspecified atom stereocenters. The van der Waals surface area contributed by atoms with Gasteiger partial charge in [-0.25, -0.2) is 0 Å². The molecule has 2 saturated heterocycles. The Bertz CT molecular complexity index is 469. The van der Waals surface area contributed by atoms with Crippen LogP contribution in [-0.4, -0.2) is 16.8 Å². The first kappa shape index (κ1) is 14.9. The Morgan fingerprint density at radius 3 is 2.74 bits per heavy atom. The molecule has 0 N–H and O–H groups in total. The molecule has 1 amide bonds. The van der Waals surface area contributed by atoms with Crippen LogP contribution in [0.15, 0.2) is 24.3 Å². The molecule has 2 fully saturated rings. The van der Waals surface area contributed by atoms with Crippen LogP contribution in [0.2, 0.25) is 5.02 Å². The van der Waals surface area contributed by atoms with Gasteiger partial charge in [-0.3, -0.25) is 4.79 Å². The fourth-order valence-electron chi connectivity index (χ4n) is 3.20. The Balaban J connectivity index is 0.000000637. The minimum atomic E-state index is 0.256. The number of hydrogen-bond acceptors (Lipinski definition) is 2. The standard InChI is InChI=1S/C14H16ClNO.O.Pt/c15-11-4-1-3-10(9-11)13-8-7-12-5-2-6-14(17)16(12)13;;/h1,3-4,9,12-13H,2,5-8H2;;/t12-,13-;;/m0../s1. The zero-order chi connectivity index (χ0) is 13.8. The van der Waals surface area contributed by atoms with E-state index in [-0.39, 0.29) is 6.04 Å². The fraction of sp³-hybridized carbons (Fsp3) is 0.500. The zero-order valence-corrected chi connectivity index (χ0v) is 13.5. The van der Waals surface area contributed by atoms with Gasteiger partial charge in [0.2, 0.25) is 5.91 Å². The van der Waals surface area contributed by atoms with Gasteiger partial charge in [0, 0.05) is 17.5 Å². The molecule has 5 heteroatoms. The normalized spacial score (nSPS) is 25.6. The van der Waals surface area contributed by atoms with Crippen LogP contribution in [-0.2, 0) is 28.0 Å². The Labute approximate surface area is 129 Å². The molecular formula is C14H16ClNO2Pt. The van der Waals surface area contributed by atoms with Gasteiger partial charge in [-0.2, -0.15) is 0 Å². The second kappa shape index (κ2) is 6.76. The Morgan fingerprint density at radius 1 is 1.21 bits per heavy atom. The number of carbonyl (C=O) groups is 1. The minimum absolute atomic E-state index is 0.256. The molecule has 1 aromatic rings. The third-order valence-electron chi connectivity index (χ3n) is 3.95. The molecule has 3 rings (SSSR count). The van der Waals surface area contributed by atoms with E-state index in [4.69, 9.17) is 15.0 Å². The summed E-state index contributed by atoms with van der Waals surface area (Å²) in [5, 5.41) is 0.760. The molecule has 1 aromatic carbocycles. The summed E-state index contributed by atoms with van der Waals surface area (Å²) in [5.41, 5.74) is 1.19. The van der Waals surface area contributed by atoms with Gasteiger partial charge in [-0.1, -0.05) is 23.7 Å². The van der Waals surface area contributed by atoms with Gasteiger partial charge in [0.25, 0.3) is 0 Å². The van der Waals surface area contributed by atoms with Crippen molar-refractivity contribution < 1.29 is 28.0 Å². The summed E-state index contributed by atoms with van der Waals surface area (Å²) in [7, 11) is 0. The Kier molecular flexibility index (Phi) is 5.29. The third kappa shape index (κ3) is 3.14. The van der Waals surface area contributed by atoms with Crippen LogP contribution in [0.5, 0.6) is 0 Å². The molecule has 0 aromatic heterocycles. The van der Waals surface area contributed by atoms with Crippen molar-refractivity contribution in [2.24, 2.45) is 0 Å². The number of benzene rings is 1. The van der Waals surface area contributed by atoms with Crippen molar-refractivity contribution in [3.63, 3.8) is 0 Å². The monoisotopic (exact) mass is 460 g/mol. The predicted octanol–water partition coefficient (Wildman–Crippen LogP) is 3.43. The molecule has 0 radical (unpaired) electrons. The molecule has 0 saturated carbocycles. The van der Waals surface area contributed by atoms with Gasteiger partial charge < -0.3 is 4.90 Å². The van der Waals surface area contributed by atoms with Gasteiger partial charge in [0.1, 0.15) is 0 Å². The van der Waals surface area contributed by atoms with Crippen LogP contribution in [0.25, 0.3) is 0 Å². The van der Waals surface area contributed by atoms with E-state index in [0.29, 0.717) is 18.4 Å². The van der Waals surface area contributed by atoms with Gasteiger partial charge in [-0.15, -0.1) is 0 Å². The van der Waals surface area contributed by atoms with Gasteiger partial charge in [0.15, 0.2) is 0 Å². The van der Waals surface area contributed by atoms with Crippen LogP contribution in [0.3, 0.4) is 0 Å². The summed E-state index contributed by atoms with van der Waals surface area (Å²) >= 11 is 6.92. The van der Waals surface area contributed by atoms with Gasteiger partial charge in [0.05, 0.1) is 6.04 Å². The van der Waals surface area contributed by atoms with Crippen molar-refractivity contribution >= 4 is 17.5 Å². The maximum atomic E-state index is 12.0. The maximum absolute atomic E-state index is 12.0. The molecule has 2 atom stereocenters. The van der Waals surface area contributed by atoms with Crippen LogP contribution >= 0.6 is 11.6 Å². The molecule has 0 spiro atoms. The molecule has 0 bridgehead atoms. The van der Waals surface area contributed by atoms with E-state index in [1.54, 1.807) is 0 Å². The first-order chi connectivity index (χ1) is 9.25. The van der Waals surface area contributed by atoms with Crippen LogP contribution in [0, 0.1) is 0 Å². The summed E-state index contributed by atoms with van der Waals surface area (Å²) in [6.45, 7) is 0. The molecule has 2 heterocycles. The molecule has 2 aliphatic rings. The molecule has 2 aliphatic heterocycles. The Hall–Kier alpha value is -0.532. The average Bonchev–Trinajstić information content (AvgIpc) is 2.86. The number of piperidine rings is 1. The van der Waals surface area contributed by atoms with Crippen molar-refractivity contribution in [1.82, 2.24) is 4.90 Å². The van der Waals surface area contributed by atoms with E-state index in [2.05, 4.69) is 11.0 Å². The summed E-state index contributed by atoms with van der Waals surface area (Å²) in [6, 6.07) is 8.67. The molecule has 3 nitrogen and oxygen atoms in total. The quantitative estimate of drug-likeness (QED) is 0.644. The van der Waals surface area contributed by atoms with E-state index >= 15 is 0 Å². The number of rotatable bonds is 1. The number of carbonyl (C=O) groups excluding carboxylic acids is 1.